The van der Waals surface area contributed by atoms with Gasteiger partial charge in [-0.1, -0.05) is 5.16 Å². The van der Waals surface area contributed by atoms with Crippen molar-refractivity contribution < 1.29 is 17.7 Å². The summed E-state index contributed by atoms with van der Waals surface area (Å²) in [5.74, 6) is -0.450. The highest BCUT2D eigenvalue weighted by atomic mass is 19.4. The Hall–Kier alpha value is -3.89. The fourth-order valence-electron chi connectivity index (χ4n) is 2.39. The summed E-state index contributed by atoms with van der Waals surface area (Å²) in [5.41, 5.74) is 1.75. The minimum absolute atomic E-state index is 0.179. The monoisotopic (exact) mass is 399 g/mol. The van der Waals surface area contributed by atoms with Crippen LogP contribution in [0.15, 0.2) is 59.6 Å². The van der Waals surface area contributed by atoms with Crippen molar-refractivity contribution in [1.29, 1.82) is 0 Å². The summed E-state index contributed by atoms with van der Waals surface area (Å²) in [6, 6.07) is 8.58. The topological polar surface area (TPSA) is 103 Å². The smallest absolute Gasteiger partial charge is 0.364 e. The number of nitrogens with zero attached hydrogens (tertiary/aromatic N) is 6. The number of hydrogen-bond donors (Lipinski definition) is 1. The normalized spacial score (nSPS) is 11.4. The molecule has 0 aliphatic heterocycles. The third kappa shape index (κ3) is 4.34. The molecule has 0 aliphatic carbocycles. The van der Waals surface area contributed by atoms with Gasteiger partial charge in [-0.25, -0.2) is 9.97 Å². The number of hydrogen-bond acceptors (Lipinski definition) is 8. The molecule has 0 bridgehead atoms. The molecule has 8 nitrogen and oxygen atoms in total. The van der Waals surface area contributed by atoms with E-state index in [1.807, 2.05) is 6.07 Å². The number of halogens is 3. The van der Waals surface area contributed by atoms with Crippen molar-refractivity contribution in [3.8, 4) is 22.8 Å². The molecule has 4 aromatic heterocycles. The van der Waals surface area contributed by atoms with E-state index in [1.165, 1.54) is 6.20 Å². The van der Waals surface area contributed by atoms with Gasteiger partial charge in [0.15, 0.2) is 5.82 Å². The average Bonchev–Trinajstić information content (AvgIpc) is 3.24. The zero-order chi connectivity index (χ0) is 20.3. The molecule has 0 spiro atoms. The first kappa shape index (κ1) is 18.5. The highest BCUT2D eigenvalue weighted by molar-refractivity contribution is 5.55. The molecule has 4 heterocycles. The first-order chi connectivity index (χ1) is 14.0. The maximum atomic E-state index is 12.5. The maximum Gasteiger partial charge on any atom is 0.471 e. The van der Waals surface area contributed by atoms with Gasteiger partial charge in [-0.05, 0) is 30.3 Å². The van der Waals surface area contributed by atoms with E-state index in [9.17, 15) is 13.2 Å². The van der Waals surface area contributed by atoms with Crippen LogP contribution < -0.4 is 5.32 Å². The molecule has 4 rings (SSSR count). The van der Waals surface area contributed by atoms with Crippen LogP contribution in [0.1, 0.15) is 11.6 Å². The highest BCUT2D eigenvalue weighted by Crippen LogP contribution is 2.29. The van der Waals surface area contributed by atoms with Crippen molar-refractivity contribution in [3.63, 3.8) is 0 Å². The summed E-state index contributed by atoms with van der Waals surface area (Å²) in [5, 5.41) is 6.45. The predicted octanol–water partition coefficient (Wildman–Crippen LogP) is 3.61. The summed E-state index contributed by atoms with van der Waals surface area (Å²) in [7, 11) is 0. The number of nitrogens with one attached hydrogen (secondary N) is 1. The van der Waals surface area contributed by atoms with Crippen LogP contribution in [-0.4, -0.2) is 30.1 Å². The quantitative estimate of drug-likeness (QED) is 0.543. The molecular formula is C18H12F3N7O. The summed E-state index contributed by atoms with van der Waals surface area (Å²) in [6.45, 7) is 0.351. The first-order valence-electron chi connectivity index (χ1n) is 8.32. The Morgan fingerprint density at radius 3 is 2.45 bits per heavy atom. The second kappa shape index (κ2) is 7.62. The molecular weight excluding hydrogens is 387 g/mol. The zero-order valence-electron chi connectivity index (χ0n) is 14.6. The third-order valence-corrected chi connectivity index (χ3v) is 3.78. The fourth-order valence-corrected chi connectivity index (χ4v) is 2.39. The Morgan fingerprint density at radius 1 is 0.897 bits per heavy atom. The van der Waals surface area contributed by atoms with Crippen LogP contribution >= 0.6 is 0 Å². The number of pyridine rings is 2. The van der Waals surface area contributed by atoms with Gasteiger partial charge in [0.2, 0.25) is 5.82 Å². The molecule has 0 amide bonds. The third-order valence-electron chi connectivity index (χ3n) is 3.78. The standard InChI is InChI=1S/C18H12F3N7O/c19-18(20,21)17-27-16(28-29-17)12-3-4-13(24-9-12)10-25-14-5-7-23-15(26-14)11-2-1-6-22-8-11/h1-9H,10H2,(H,23,25,26). The van der Waals surface area contributed by atoms with Crippen LogP contribution in [0.5, 0.6) is 0 Å². The van der Waals surface area contributed by atoms with Crippen LogP contribution in [0.4, 0.5) is 19.0 Å². The molecule has 0 aromatic carbocycles. The molecule has 4 aromatic rings. The van der Waals surface area contributed by atoms with E-state index >= 15 is 0 Å². The van der Waals surface area contributed by atoms with E-state index in [2.05, 4.69) is 39.9 Å². The summed E-state index contributed by atoms with van der Waals surface area (Å²) >= 11 is 0. The van der Waals surface area contributed by atoms with E-state index in [-0.39, 0.29) is 5.82 Å². The van der Waals surface area contributed by atoms with Gasteiger partial charge < -0.3 is 9.84 Å². The minimum Gasteiger partial charge on any atom is -0.364 e. The van der Waals surface area contributed by atoms with E-state index in [1.54, 1.807) is 42.9 Å². The van der Waals surface area contributed by atoms with Crippen molar-refractivity contribution in [2.75, 3.05) is 5.32 Å². The lowest BCUT2D eigenvalue weighted by Crippen LogP contribution is -2.05. The minimum atomic E-state index is -4.69. The zero-order valence-corrected chi connectivity index (χ0v) is 14.6. The van der Waals surface area contributed by atoms with Crippen LogP contribution in [0.2, 0.25) is 0 Å². The largest absolute Gasteiger partial charge is 0.471 e. The van der Waals surface area contributed by atoms with Gasteiger partial charge in [-0.2, -0.15) is 18.2 Å². The van der Waals surface area contributed by atoms with Crippen molar-refractivity contribution >= 4 is 5.82 Å². The van der Waals surface area contributed by atoms with Gasteiger partial charge >= 0.3 is 12.1 Å². The Morgan fingerprint density at radius 2 is 1.76 bits per heavy atom. The lowest BCUT2D eigenvalue weighted by atomic mass is 10.2. The van der Waals surface area contributed by atoms with Gasteiger partial charge in [0.25, 0.3) is 0 Å². The van der Waals surface area contributed by atoms with Gasteiger partial charge in [-0.15, -0.1) is 0 Å². The number of alkyl halides is 3. The van der Waals surface area contributed by atoms with Crippen molar-refractivity contribution in [1.82, 2.24) is 30.1 Å². The molecule has 0 aliphatic rings. The molecule has 0 unspecified atom stereocenters. The molecule has 0 saturated heterocycles. The lowest BCUT2D eigenvalue weighted by Gasteiger charge is -2.07. The molecule has 0 radical (unpaired) electrons. The van der Waals surface area contributed by atoms with Crippen molar-refractivity contribution in [2.45, 2.75) is 12.7 Å². The van der Waals surface area contributed by atoms with E-state index in [4.69, 9.17) is 0 Å². The molecule has 0 saturated carbocycles. The average molecular weight is 399 g/mol. The molecule has 146 valence electrons. The van der Waals surface area contributed by atoms with Crippen molar-refractivity contribution in [2.24, 2.45) is 0 Å². The van der Waals surface area contributed by atoms with Gasteiger partial charge in [-0.3, -0.25) is 9.97 Å². The van der Waals surface area contributed by atoms with Gasteiger partial charge in [0, 0.05) is 35.9 Å². The van der Waals surface area contributed by atoms with Crippen LogP contribution in [0.3, 0.4) is 0 Å². The first-order valence-corrected chi connectivity index (χ1v) is 8.32. The van der Waals surface area contributed by atoms with Gasteiger partial charge in [0.05, 0.1) is 12.2 Å². The van der Waals surface area contributed by atoms with E-state index in [0.29, 0.717) is 29.4 Å². The van der Waals surface area contributed by atoms with E-state index < -0.39 is 12.1 Å². The molecule has 0 atom stereocenters. The van der Waals surface area contributed by atoms with Crippen LogP contribution in [0, 0.1) is 0 Å². The van der Waals surface area contributed by atoms with Crippen LogP contribution in [-0.2, 0) is 12.7 Å². The SMILES string of the molecule is FC(F)(F)c1nc(-c2ccc(CNc3ccnc(-c4cccnc4)n3)nc2)no1. The number of aromatic nitrogens is 6. The summed E-state index contributed by atoms with van der Waals surface area (Å²) < 4.78 is 41.9. The highest BCUT2D eigenvalue weighted by Gasteiger charge is 2.38. The Bertz CT molecular complexity index is 1100. The van der Waals surface area contributed by atoms with Crippen molar-refractivity contribution in [3.05, 3.63) is 66.7 Å². The Labute approximate surface area is 161 Å². The summed E-state index contributed by atoms with van der Waals surface area (Å²) in [4.78, 5) is 20.2. The molecule has 0 fully saturated rings. The maximum absolute atomic E-state index is 12.5. The Kier molecular flexibility index (Phi) is 4.85. The molecule has 1 N–H and O–H groups in total. The lowest BCUT2D eigenvalue weighted by molar-refractivity contribution is -0.159. The predicted molar refractivity (Wildman–Crippen MR) is 95.1 cm³/mol. The van der Waals surface area contributed by atoms with E-state index in [0.717, 1.165) is 5.56 Å². The van der Waals surface area contributed by atoms with Gasteiger partial charge in [0.1, 0.15) is 5.82 Å². The second-order valence-corrected chi connectivity index (χ2v) is 5.82. The molecule has 29 heavy (non-hydrogen) atoms. The number of anilines is 1. The summed E-state index contributed by atoms with van der Waals surface area (Å²) in [6.07, 6.45) is 1.65. The Balaban J connectivity index is 1.43. The number of rotatable bonds is 5. The van der Waals surface area contributed by atoms with Crippen LogP contribution in [0.25, 0.3) is 22.8 Å². The fraction of sp³-hybridized carbons (Fsp3) is 0.111. The molecule has 11 heteroatoms. The second-order valence-electron chi connectivity index (χ2n) is 5.82.